The number of carbonyl (C=O) groups is 3. The topological polar surface area (TPSA) is 96.4 Å². The van der Waals surface area contributed by atoms with Gasteiger partial charge in [0.1, 0.15) is 24.2 Å². The summed E-state index contributed by atoms with van der Waals surface area (Å²) in [7, 11) is 0. The largest absolute Gasteiger partial charge is 0.461 e. The number of hydrogen-bond acceptors (Lipinski definition) is 6. The van der Waals surface area contributed by atoms with Crippen LogP contribution in [0.1, 0.15) is 59.3 Å². The van der Waals surface area contributed by atoms with Crippen molar-refractivity contribution < 1.29 is 29.0 Å². The summed E-state index contributed by atoms with van der Waals surface area (Å²) in [5, 5.41) is 10.1. The fourth-order valence-electron chi connectivity index (χ4n) is 6.30. The van der Waals surface area contributed by atoms with Crippen LogP contribution in [0.25, 0.3) is 0 Å². The Morgan fingerprint density at radius 3 is 2.59 bits per heavy atom. The van der Waals surface area contributed by atoms with Gasteiger partial charge in [-0.25, -0.2) is 0 Å². The number of aliphatic hydroxyl groups is 1. The van der Waals surface area contributed by atoms with Gasteiger partial charge in [-0.1, -0.05) is 45.9 Å². The molecule has 3 heterocycles. The Morgan fingerprint density at radius 1 is 1.29 bits per heavy atom. The molecule has 3 fully saturated rings. The van der Waals surface area contributed by atoms with Crippen LogP contribution in [0.4, 0.5) is 0 Å². The minimum absolute atomic E-state index is 0.0491. The second kappa shape index (κ2) is 10.6. The Balaban J connectivity index is 2.11. The van der Waals surface area contributed by atoms with Gasteiger partial charge < -0.3 is 24.4 Å². The average Bonchev–Trinajstić information content (AvgIpc) is 3.45. The lowest BCUT2D eigenvalue weighted by Crippen LogP contribution is -2.59. The third-order valence-electron chi connectivity index (χ3n) is 7.97. The van der Waals surface area contributed by atoms with E-state index in [1.807, 2.05) is 13.8 Å². The van der Waals surface area contributed by atoms with Gasteiger partial charge in [0, 0.05) is 13.1 Å². The zero-order valence-corrected chi connectivity index (χ0v) is 20.8. The van der Waals surface area contributed by atoms with Crippen LogP contribution in [0.5, 0.6) is 0 Å². The van der Waals surface area contributed by atoms with Crippen LogP contribution in [0.2, 0.25) is 0 Å². The third kappa shape index (κ3) is 3.98. The Bertz CT molecular complexity index is 811. The smallest absolute Gasteiger partial charge is 0.313 e. The van der Waals surface area contributed by atoms with Crippen LogP contribution in [0, 0.1) is 11.8 Å². The molecule has 2 unspecified atom stereocenters. The molecule has 6 atom stereocenters. The summed E-state index contributed by atoms with van der Waals surface area (Å²) in [5.74, 6) is -2.60. The Morgan fingerprint density at radius 2 is 2.03 bits per heavy atom. The van der Waals surface area contributed by atoms with E-state index in [0.29, 0.717) is 38.8 Å². The highest BCUT2D eigenvalue weighted by Gasteiger charge is 2.79. The molecule has 0 aromatic rings. The molecule has 0 aromatic heterocycles. The van der Waals surface area contributed by atoms with E-state index in [1.165, 1.54) is 11.0 Å². The minimum atomic E-state index is -1.11. The summed E-state index contributed by atoms with van der Waals surface area (Å²) in [4.78, 5) is 44.6. The van der Waals surface area contributed by atoms with Crippen molar-refractivity contribution in [3.05, 3.63) is 25.3 Å². The SMILES string of the molecule is C=CCOC(=O)[C@H]1[C@H]2C(=O)N([C@@H](CC)CO)C(C(=O)N(CC=C)CCCC)C23CC[C@]1(CC)O3. The van der Waals surface area contributed by atoms with Gasteiger partial charge >= 0.3 is 5.97 Å². The highest BCUT2D eigenvalue weighted by atomic mass is 16.6. The molecule has 0 aliphatic carbocycles. The molecule has 3 saturated heterocycles. The average molecular weight is 477 g/mol. The summed E-state index contributed by atoms with van der Waals surface area (Å²) in [6.07, 6.45) is 7.02. The van der Waals surface area contributed by atoms with Crippen molar-refractivity contribution in [1.82, 2.24) is 9.80 Å². The van der Waals surface area contributed by atoms with Gasteiger partial charge in [-0.3, -0.25) is 14.4 Å². The van der Waals surface area contributed by atoms with E-state index in [9.17, 15) is 19.5 Å². The number of carbonyl (C=O) groups excluding carboxylic acids is 3. The number of amides is 2. The molecule has 34 heavy (non-hydrogen) atoms. The molecular weight excluding hydrogens is 436 g/mol. The van der Waals surface area contributed by atoms with Gasteiger partial charge in [0.2, 0.25) is 11.8 Å². The fraction of sp³-hybridized carbons (Fsp3) is 0.731. The quantitative estimate of drug-likeness (QED) is 0.324. The molecule has 1 N–H and O–H groups in total. The standard InChI is InChI=1S/C26H40N2O6/c1-6-11-15-27(14-7-2)23(31)21-26-13-12-25(10-5,34-26)20(24(32)33-16-8-3)19(26)22(30)28(21)18(9-4)17-29/h7-8,18-21,29H,2-3,6,9-17H2,1,4-5H3/t18-,19-,20+,21?,25-,26?/m0/s1. The maximum atomic E-state index is 14.1. The lowest BCUT2D eigenvalue weighted by molar-refractivity contribution is -0.163. The number of ether oxygens (including phenoxy) is 2. The van der Waals surface area contributed by atoms with E-state index >= 15 is 0 Å². The van der Waals surface area contributed by atoms with E-state index in [0.717, 1.165) is 12.8 Å². The number of aliphatic hydroxyl groups excluding tert-OH is 1. The number of fused-ring (bicyclic) bond motifs is 1. The summed E-state index contributed by atoms with van der Waals surface area (Å²) < 4.78 is 12.1. The lowest BCUT2D eigenvalue weighted by atomic mass is 9.65. The maximum Gasteiger partial charge on any atom is 0.313 e. The van der Waals surface area contributed by atoms with Crippen LogP contribution < -0.4 is 0 Å². The van der Waals surface area contributed by atoms with Crippen molar-refractivity contribution in [3.63, 3.8) is 0 Å². The fourth-order valence-corrected chi connectivity index (χ4v) is 6.30. The van der Waals surface area contributed by atoms with E-state index in [2.05, 4.69) is 20.1 Å². The summed E-state index contributed by atoms with van der Waals surface area (Å²) in [6, 6.07) is -1.44. The minimum Gasteiger partial charge on any atom is -0.461 e. The molecule has 8 nitrogen and oxygen atoms in total. The van der Waals surface area contributed by atoms with Gasteiger partial charge in [-0.05, 0) is 32.1 Å². The van der Waals surface area contributed by atoms with Crippen molar-refractivity contribution in [2.75, 3.05) is 26.3 Å². The number of likely N-dealkylation sites (tertiary alicyclic amines) is 1. The van der Waals surface area contributed by atoms with E-state index in [1.54, 1.807) is 11.0 Å². The molecular formula is C26H40N2O6. The number of nitrogens with zero attached hydrogens (tertiary/aromatic N) is 2. The van der Waals surface area contributed by atoms with Gasteiger partial charge in [-0.2, -0.15) is 0 Å². The first-order valence-corrected chi connectivity index (χ1v) is 12.6. The van der Waals surface area contributed by atoms with Gasteiger partial charge in [-0.15, -0.1) is 6.58 Å². The number of unbranched alkanes of at least 4 members (excludes halogenated alkanes) is 1. The van der Waals surface area contributed by atoms with Gasteiger partial charge in [0.25, 0.3) is 0 Å². The number of esters is 1. The molecule has 0 radical (unpaired) electrons. The normalized spacial score (nSPS) is 32.4. The second-order valence-electron chi connectivity index (χ2n) is 9.67. The Hall–Kier alpha value is -2.19. The van der Waals surface area contributed by atoms with Gasteiger partial charge in [0.05, 0.1) is 24.2 Å². The predicted molar refractivity (Wildman–Crippen MR) is 128 cm³/mol. The maximum absolute atomic E-state index is 14.1. The van der Waals surface area contributed by atoms with Crippen LogP contribution >= 0.6 is 0 Å². The van der Waals surface area contributed by atoms with E-state index in [4.69, 9.17) is 9.47 Å². The summed E-state index contributed by atoms with van der Waals surface area (Å²) in [5.41, 5.74) is -1.95. The first-order chi connectivity index (χ1) is 16.3. The third-order valence-corrected chi connectivity index (χ3v) is 7.97. The monoisotopic (exact) mass is 476 g/mol. The zero-order valence-electron chi connectivity index (χ0n) is 20.8. The molecule has 3 rings (SSSR count). The first kappa shape index (κ1) is 26.4. The van der Waals surface area contributed by atoms with Crippen molar-refractivity contribution in [1.29, 1.82) is 0 Å². The Labute approximate surface area is 202 Å². The molecule has 1 spiro atoms. The molecule has 3 aliphatic heterocycles. The molecule has 8 heteroatoms. The van der Waals surface area contributed by atoms with Crippen LogP contribution in [-0.4, -0.2) is 82.3 Å². The lowest BCUT2D eigenvalue weighted by Gasteiger charge is -2.39. The number of hydrogen-bond donors (Lipinski definition) is 1. The van der Waals surface area contributed by atoms with Crippen molar-refractivity contribution in [2.24, 2.45) is 11.8 Å². The van der Waals surface area contributed by atoms with E-state index in [-0.39, 0.29) is 25.0 Å². The van der Waals surface area contributed by atoms with Crippen molar-refractivity contribution in [2.45, 2.75) is 82.6 Å². The Kier molecular flexibility index (Phi) is 8.24. The highest BCUT2D eigenvalue weighted by molar-refractivity contribution is 5.98. The van der Waals surface area contributed by atoms with Crippen molar-refractivity contribution >= 4 is 17.8 Å². The molecule has 190 valence electrons. The first-order valence-electron chi connectivity index (χ1n) is 12.6. The summed E-state index contributed by atoms with van der Waals surface area (Å²) >= 11 is 0. The summed E-state index contributed by atoms with van der Waals surface area (Å²) in [6.45, 7) is 14.0. The molecule has 3 aliphatic rings. The molecule has 2 bridgehead atoms. The molecule has 2 amide bonds. The zero-order chi connectivity index (χ0) is 25.1. The molecule has 0 aromatic carbocycles. The van der Waals surface area contributed by atoms with E-state index < -0.39 is 41.1 Å². The molecule has 0 saturated carbocycles. The van der Waals surface area contributed by atoms with Crippen molar-refractivity contribution in [3.8, 4) is 0 Å². The van der Waals surface area contributed by atoms with Crippen LogP contribution in [-0.2, 0) is 23.9 Å². The van der Waals surface area contributed by atoms with Gasteiger partial charge in [0.15, 0.2) is 0 Å². The predicted octanol–water partition coefficient (Wildman–Crippen LogP) is 2.46. The second-order valence-corrected chi connectivity index (χ2v) is 9.67. The van der Waals surface area contributed by atoms with Crippen LogP contribution in [0.3, 0.4) is 0 Å². The number of rotatable bonds is 13. The van der Waals surface area contributed by atoms with Crippen LogP contribution in [0.15, 0.2) is 25.3 Å². The highest BCUT2D eigenvalue weighted by Crippen LogP contribution is 2.64.